The van der Waals surface area contributed by atoms with Gasteiger partial charge in [-0.05, 0) is 70.5 Å². The van der Waals surface area contributed by atoms with Crippen molar-refractivity contribution in [1.29, 1.82) is 0 Å². The minimum absolute atomic E-state index is 0.947. The van der Waals surface area contributed by atoms with Gasteiger partial charge in [0.25, 0.3) is 0 Å². The number of anilines is 3. The maximum absolute atomic E-state index is 6.60. The summed E-state index contributed by atoms with van der Waals surface area (Å²) in [5, 5.41) is 7.75. The van der Waals surface area contributed by atoms with Crippen molar-refractivity contribution in [3.8, 4) is 16.8 Å². The zero-order valence-electron chi connectivity index (χ0n) is 26.8. The van der Waals surface area contributed by atoms with Gasteiger partial charge in [-0.15, -0.1) is 0 Å². The first-order valence-corrected chi connectivity index (χ1v) is 19.6. The Balaban J connectivity index is 1.25. The number of nitrogens with zero attached hydrogens (tertiary/aromatic N) is 2. The molecule has 3 nitrogen and oxygen atoms in total. The zero-order valence-corrected chi connectivity index (χ0v) is 27.8. The highest BCUT2D eigenvalue weighted by atomic mass is 28.3. The van der Waals surface area contributed by atoms with E-state index in [1.807, 2.05) is 0 Å². The average molecular weight is 633 g/mol. The third-order valence-corrected chi connectivity index (χ3v) is 13.9. The molecule has 0 saturated carbocycles. The predicted octanol–water partition coefficient (Wildman–Crippen LogP) is 11.0. The van der Waals surface area contributed by atoms with Crippen molar-refractivity contribution in [2.45, 2.75) is 13.1 Å². The van der Waals surface area contributed by atoms with Crippen molar-refractivity contribution in [1.82, 2.24) is 4.57 Å². The summed E-state index contributed by atoms with van der Waals surface area (Å²) in [6.45, 7) is 4.97. The number of benzene rings is 7. The molecule has 1 aliphatic rings. The van der Waals surface area contributed by atoms with Gasteiger partial charge in [-0.3, -0.25) is 0 Å². The fraction of sp³-hybridized carbons (Fsp3) is 0.0455. The van der Waals surface area contributed by atoms with E-state index in [0.29, 0.717) is 0 Å². The van der Waals surface area contributed by atoms with Gasteiger partial charge in [-0.1, -0.05) is 116 Å². The van der Waals surface area contributed by atoms with Gasteiger partial charge in [-0.2, -0.15) is 0 Å². The van der Waals surface area contributed by atoms with Crippen LogP contribution < -0.4 is 15.3 Å². The van der Waals surface area contributed by atoms with Gasteiger partial charge in [-0.25, -0.2) is 0 Å². The van der Waals surface area contributed by atoms with Gasteiger partial charge in [0.05, 0.1) is 16.7 Å². The second-order valence-corrected chi connectivity index (χ2v) is 17.7. The summed E-state index contributed by atoms with van der Waals surface area (Å²) >= 11 is 0. The SMILES string of the molecule is C[Si]1(C)c2cc(N(c3ccccc3)c3cccc4c5ccccc5n(-c5ccccc5)c34)ccc2-c2c1ccc1c2oc2ccccc21. The van der Waals surface area contributed by atoms with Crippen LogP contribution in [0.1, 0.15) is 0 Å². The molecule has 0 bridgehead atoms. The van der Waals surface area contributed by atoms with Crippen molar-refractivity contribution >= 4 is 79.3 Å². The van der Waals surface area contributed by atoms with E-state index in [1.54, 1.807) is 0 Å². The third-order valence-electron chi connectivity index (χ3n) is 10.4. The highest BCUT2D eigenvalue weighted by molar-refractivity contribution is 7.04. The summed E-state index contributed by atoms with van der Waals surface area (Å²) in [7, 11) is -2.06. The van der Waals surface area contributed by atoms with E-state index in [2.05, 4.69) is 180 Å². The quantitative estimate of drug-likeness (QED) is 0.180. The van der Waals surface area contributed by atoms with E-state index in [9.17, 15) is 0 Å². The highest BCUT2D eigenvalue weighted by Gasteiger charge is 2.40. The van der Waals surface area contributed by atoms with Gasteiger partial charge in [0, 0.05) is 44.2 Å². The minimum Gasteiger partial charge on any atom is -0.455 e. The maximum Gasteiger partial charge on any atom is 0.143 e. The van der Waals surface area contributed by atoms with E-state index >= 15 is 0 Å². The molecule has 3 heterocycles. The molecule has 0 fully saturated rings. The molecule has 0 spiro atoms. The Kier molecular flexibility index (Phi) is 5.73. The number of hydrogen-bond donors (Lipinski definition) is 0. The monoisotopic (exact) mass is 632 g/mol. The van der Waals surface area contributed by atoms with E-state index in [4.69, 9.17) is 4.42 Å². The Bertz CT molecular complexity index is 2700. The summed E-state index contributed by atoms with van der Waals surface area (Å²) in [5.74, 6) is 0. The van der Waals surface area contributed by atoms with Crippen LogP contribution in [0.25, 0.3) is 60.6 Å². The molecule has 1 aliphatic heterocycles. The highest BCUT2D eigenvalue weighted by Crippen LogP contribution is 2.45. The lowest BCUT2D eigenvalue weighted by atomic mass is 10.0. The Morgan fingerprint density at radius 1 is 0.542 bits per heavy atom. The molecule has 0 amide bonds. The van der Waals surface area contributed by atoms with Gasteiger partial charge >= 0.3 is 0 Å². The fourth-order valence-electron chi connectivity index (χ4n) is 8.16. The van der Waals surface area contributed by atoms with Gasteiger partial charge in [0.15, 0.2) is 0 Å². The summed E-state index contributed by atoms with van der Waals surface area (Å²) in [6.07, 6.45) is 0. The van der Waals surface area contributed by atoms with Gasteiger partial charge in [0.1, 0.15) is 19.2 Å². The first-order valence-electron chi connectivity index (χ1n) is 16.6. The van der Waals surface area contributed by atoms with Crippen LogP contribution in [0, 0.1) is 0 Å². The van der Waals surface area contributed by atoms with Gasteiger partial charge < -0.3 is 13.9 Å². The fourth-order valence-corrected chi connectivity index (χ4v) is 11.2. The molecule has 48 heavy (non-hydrogen) atoms. The molecule has 0 unspecified atom stereocenters. The van der Waals surface area contributed by atoms with Crippen LogP contribution in [0.15, 0.2) is 162 Å². The number of para-hydroxylation sites is 5. The molecule has 0 aliphatic carbocycles. The van der Waals surface area contributed by atoms with Crippen molar-refractivity contribution in [2.24, 2.45) is 0 Å². The molecule has 4 heteroatoms. The largest absolute Gasteiger partial charge is 0.455 e. The molecular weight excluding hydrogens is 601 g/mol. The van der Waals surface area contributed by atoms with Crippen molar-refractivity contribution in [3.05, 3.63) is 158 Å². The first-order chi connectivity index (χ1) is 23.6. The van der Waals surface area contributed by atoms with Crippen LogP contribution in [-0.2, 0) is 0 Å². The number of hydrogen-bond acceptors (Lipinski definition) is 2. The summed E-state index contributed by atoms with van der Waals surface area (Å²) < 4.78 is 9.03. The zero-order chi connectivity index (χ0) is 32.0. The number of fused-ring (bicyclic) bond motifs is 10. The summed E-state index contributed by atoms with van der Waals surface area (Å²) in [4.78, 5) is 2.45. The standard InChI is InChI=1S/C44H32N2OSi/c1-48(2)40-27-26-35-33-19-10-12-23-39(33)47-44(35)42(40)36-25-24-31(28-41(36)48)45(29-14-5-3-6-15-29)38-22-13-20-34-32-18-9-11-21-37(32)46(43(34)38)30-16-7-4-8-17-30/h3-28H,1-2H3. The molecule has 2 aromatic heterocycles. The second-order valence-electron chi connectivity index (χ2n) is 13.4. The Hall–Kier alpha value is -5.84. The number of aromatic nitrogens is 1. The van der Waals surface area contributed by atoms with Crippen LogP contribution in [0.2, 0.25) is 13.1 Å². The van der Waals surface area contributed by atoms with E-state index < -0.39 is 8.07 Å². The van der Waals surface area contributed by atoms with Gasteiger partial charge in [0.2, 0.25) is 0 Å². The molecule has 7 aromatic carbocycles. The molecule has 0 atom stereocenters. The molecule has 9 aromatic rings. The predicted molar refractivity (Wildman–Crippen MR) is 205 cm³/mol. The van der Waals surface area contributed by atoms with Crippen LogP contribution in [0.3, 0.4) is 0 Å². The van der Waals surface area contributed by atoms with Crippen molar-refractivity contribution in [2.75, 3.05) is 4.90 Å². The lowest BCUT2D eigenvalue weighted by Gasteiger charge is -2.28. The third kappa shape index (κ3) is 3.75. The summed E-state index contributed by atoms with van der Waals surface area (Å²) in [5.41, 5.74) is 11.5. The molecule has 228 valence electrons. The van der Waals surface area contributed by atoms with Crippen LogP contribution >= 0.6 is 0 Å². The average Bonchev–Trinajstić information content (AvgIpc) is 3.75. The molecule has 0 radical (unpaired) electrons. The Morgan fingerprint density at radius 3 is 2.08 bits per heavy atom. The molecular formula is C44H32N2OSi. The lowest BCUT2D eigenvalue weighted by molar-refractivity contribution is 0.670. The molecule has 10 rings (SSSR count). The van der Waals surface area contributed by atoms with Crippen molar-refractivity contribution < 1.29 is 4.42 Å². The van der Waals surface area contributed by atoms with Crippen LogP contribution in [0.4, 0.5) is 17.1 Å². The smallest absolute Gasteiger partial charge is 0.143 e. The topological polar surface area (TPSA) is 21.3 Å². The van der Waals surface area contributed by atoms with Crippen LogP contribution in [-0.4, -0.2) is 12.6 Å². The Labute approximate surface area is 279 Å². The maximum atomic E-state index is 6.60. The molecule has 0 N–H and O–H groups in total. The summed E-state index contributed by atoms with van der Waals surface area (Å²) in [6, 6.07) is 57.2. The first kappa shape index (κ1) is 27.3. The van der Waals surface area contributed by atoms with E-state index in [-0.39, 0.29) is 0 Å². The van der Waals surface area contributed by atoms with Crippen molar-refractivity contribution in [3.63, 3.8) is 0 Å². The Morgan fingerprint density at radius 2 is 1.25 bits per heavy atom. The number of rotatable bonds is 4. The van der Waals surface area contributed by atoms with Crippen LogP contribution in [0.5, 0.6) is 0 Å². The number of furan rings is 1. The van der Waals surface area contributed by atoms with E-state index in [0.717, 1.165) is 33.9 Å². The lowest BCUT2D eigenvalue weighted by Crippen LogP contribution is -2.49. The molecule has 0 saturated heterocycles. The minimum atomic E-state index is -2.06. The second kappa shape index (κ2) is 10.1. The van der Waals surface area contributed by atoms with E-state index in [1.165, 1.54) is 54.1 Å². The normalized spacial score (nSPS) is 13.4.